The van der Waals surface area contributed by atoms with Gasteiger partial charge in [0.15, 0.2) is 0 Å². The van der Waals surface area contributed by atoms with Gasteiger partial charge in [-0.1, -0.05) is 58.3 Å². The number of allylic oxidation sites excluding steroid dienone is 2. The molecule has 0 aromatic rings. The average Bonchev–Trinajstić information content (AvgIpc) is 2.50. The predicted octanol–water partition coefficient (Wildman–Crippen LogP) is 5.83. The van der Waals surface area contributed by atoms with E-state index in [0.29, 0.717) is 18.5 Å². The van der Waals surface area contributed by atoms with E-state index in [2.05, 4.69) is 6.92 Å². The molecular formula is C18H33NO3. The minimum Gasteiger partial charge on any atom is -0.303 e. The Bertz CT molecular complexity index is 313. The summed E-state index contributed by atoms with van der Waals surface area (Å²) in [5.74, 6) is 0. The first kappa shape index (κ1) is 20.8. The van der Waals surface area contributed by atoms with Crippen LogP contribution in [-0.4, -0.2) is 11.2 Å². The van der Waals surface area contributed by atoms with Crippen LogP contribution in [0, 0.1) is 10.1 Å². The van der Waals surface area contributed by atoms with Gasteiger partial charge in [-0.05, 0) is 31.8 Å². The molecule has 0 aliphatic carbocycles. The first-order valence-corrected chi connectivity index (χ1v) is 8.99. The molecule has 0 aliphatic heterocycles. The van der Waals surface area contributed by atoms with Gasteiger partial charge < -0.3 is 4.79 Å². The summed E-state index contributed by atoms with van der Waals surface area (Å²) in [7, 11) is 0. The fraction of sp³-hybridized carbons (Fsp3) is 0.833. The van der Waals surface area contributed by atoms with E-state index in [0.717, 1.165) is 64.1 Å². The van der Waals surface area contributed by atoms with Gasteiger partial charge in [0.1, 0.15) is 6.29 Å². The lowest BCUT2D eigenvalue weighted by Crippen LogP contribution is -1.99. The van der Waals surface area contributed by atoms with Crippen LogP contribution in [0.25, 0.3) is 0 Å². The topological polar surface area (TPSA) is 60.2 Å². The van der Waals surface area contributed by atoms with E-state index < -0.39 is 0 Å². The number of hydrogen-bond donors (Lipinski definition) is 0. The number of unbranched alkanes of at least 4 members (excludes halogenated alkanes) is 11. The van der Waals surface area contributed by atoms with E-state index in [9.17, 15) is 14.9 Å². The Morgan fingerprint density at radius 2 is 1.41 bits per heavy atom. The molecule has 0 rings (SSSR count). The number of carbonyl (C=O) groups excluding carboxylic acids is 1. The molecular weight excluding hydrogens is 278 g/mol. The number of hydrogen-bond acceptors (Lipinski definition) is 3. The molecule has 0 aromatic heterocycles. The number of carbonyl (C=O) groups is 1. The van der Waals surface area contributed by atoms with Crippen LogP contribution in [0.1, 0.15) is 96.8 Å². The van der Waals surface area contributed by atoms with Crippen LogP contribution in [0.5, 0.6) is 0 Å². The summed E-state index contributed by atoms with van der Waals surface area (Å²) >= 11 is 0. The van der Waals surface area contributed by atoms with E-state index >= 15 is 0 Å². The molecule has 0 amide bonds. The highest BCUT2D eigenvalue weighted by atomic mass is 16.6. The van der Waals surface area contributed by atoms with Crippen molar-refractivity contribution in [1.29, 1.82) is 0 Å². The van der Waals surface area contributed by atoms with Gasteiger partial charge >= 0.3 is 0 Å². The van der Waals surface area contributed by atoms with Crippen molar-refractivity contribution in [3.63, 3.8) is 0 Å². The summed E-state index contributed by atoms with van der Waals surface area (Å²) in [6.45, 7) is 2.15. The quantitative estimate of drug-likeness (QED) is 0.156. The number of aldehydes is 1. The zero-order valence-electron chi connectivity index (χ0n) is 14.2. The minimum absolute atomic E-state index is 0.209. The fourth-order valence-electron chi connectivity index (χ4n) is 2.53. The number of nitrogens with zero attached hydrogens (tertiary/aromatic N) is 1. The summed E-state index contributed by atoms with van der Waals surface area (Å²) in [6.07, 6.45) is 17.2. The average molecular weight is 311 g/mol. The molecule has 0 radical (unpaired) electrons. The molecule has 4 heteroatoms. The maximum atomic E-state index is 11.0. The highest BCUT2D eigenvalue weighted by Crippen LogP contribution is 2.14. The zero-order chi connectivity index (χ0) is 16.5. The van der Waals surface area contributed by atoms with E-state index in [1.807, 2.05) is 6.08 Å². The smallest absolute Gasteiger partial charge is 0.242 e. The van der Waals surface area contributed by atoms with Gasteiger partial charge in [0.25, 0.3) is 0 Å². The van der Waals surface area contributed by atoms with Crippen molar-refractivity contribution in [3.8, 4) is 0 Å². The Morgan fingerprint density at radius 3 is 1.95 bits per heavy atom. The van der Waals surface area contributed by atoms with Gasteiger partial charge in [-0.15, -0.1) is 0 Å². The zero-order valence-corrected chi connectivity index (χ0v) is 14.2. The van der Waals surface area contributed by atoms with Crippen molar-refractivity contribution >= 4 is 6.29 Å². The van der Waals surface area contributed by atoms with E-state index in [-0.39, 0.29) is 4.92 Å². The maximum Gasteiger partial charge on any atom is 0.242 e. The monoisotopic (exact) mass is 311 g/mol. The molecule has 0 spiro atoms. The third-order valence-corrected chi connectivity index (χ3v) is 3.93. The van der Waals surface area contributed by atoms with E-state index in [1.54, 1.807) is 0 Å². The molecule has 0 atom stereocenters. The maximum absolute atomic E-state index is 11.0. The Kier molecular flexibility index (Phi) is 15.3. The Labute approximate surface area is 135 Å². The van der Waals surface area contributed by atoms with Crippen molar-refractivity contribution in [2.45, 2.75) is 96.8 Å². The van der Waals surface area contributed by atoms with Crippen LogP contribution in [0.15, 0.2) is 11.8 Å². The van der Waals surface area contributed by atoms with Crippen molar-refractivity contribution in [2.24, 2.45) is 0 Å². The molecule has 0 saturated carbocycles. The van der Waals surface area contributed by atoms with Gasteiger partial charge in [-0.3, -0.25) is 10.1 Å². The molecule has 0 fully saturated rings. The van der Waals surface area contributed by atoms with Gasteiger partial charge in [-0.2, -0.15) is 0 Å². The third kappa shape index (κ3) is 13.8. The summed E-state index contributed by atoms with van der Waals surface area (Å²) in [6, 6.07) is 0. The molecule has 4 nitrogen and oxygen atoms in total. The Morgan fingerprint density at radius 1 is 0.864 bits per heavy atom. The highest BCUT2D eigenvalue weighted by Gasteiger charge is 2.08. The van der Waals surface area contributed by atoms with Gasteiger partial charge in [-0.25, -0.2) is 0 Å². The van der Waals surface area contributed by atoms with Crippen LogP contribution in [0.2, 0.25) is 0 Å². The second-order valence-corrected chi connectivity index (χ2v) is 5.98. The lowest BCUT2D eigenvalue weighted by atomic mass is 10.1. The standard InChI is InChI=1S/C18H33NO3/c1-2-3-4-12-15-18(19(21)22)16-13-10-8-6-5-7-9-11-14-17-20/h16-17H,2-15H2,1H3/b18-16-. The Hall–Kier alpha value is -1.19. The van der Waals surface area contributed by atoms with Gasteiger partial charge in [0.2, 0.25) is 5.70 Å². The summed E-state index contributed by atoms with van der Waals surface area (Å²) < 4.78 is 0. The van der Waals surface area contributed by atoms with Crippen molar-refractivity contribution in [1.82, 2.24) is 0 Å². The third-order valence-electron chi connectivity index (χ3n) is 3.93. The summed E-state index contributed by atoms with van der Waals surface area (Å²) in [5, 5.41) is 11.0. The first-order chi connectivity index (χ1) is 10.7. The minimum atomic E-state index is -0.209. The van der Waals surface area contributed by atoms with Crippen molar-refractivity contribution < 1.29 is 9.72 Å². The van der Waals surface area contributed by atoms with Crippen LogP contribution >= 0.6 is 0 Å². The van der Waals surface area contributed by atoms with E-state index in [4.69, 9.17) is 0 Å². The summed E-state index contributed by atoms with van der Waals surface area (Å²) in [5.41, 5.74) is 0.407. The molecule has 0 aliphatic rings. The highest BCUT2D eigenvalue weighted by molar-refractivity contribution is 5.48. The van der Waals surface area contributed by atoms with Gasteiger partial charge in [0, 0.05) is 12.8 Å². The second-order valence-electron chi connectivity index (χ2n) is 5.98. The van der Waals surface area contributed by atoms with Crippen molar-refractivity contribution in [2.75, 3.05) is 0 Å². The lowest BCUT2D eigenvalue weighted by molar-refractivity contribution is -0.428. The fourth-order valence-corrected chi connectivity index (χ4v) is 2.53. The van der Waals surface area contributed by atoms with Crippen LogP contribution in [-0.2, 0) is 4.79 Å². The Balaban J connectivity index is 3.60. The van der Waals surface area contributed by atoms with Gasteiger partial charge in [0.05, 0.1) is 4.92 Å². The molecule has 0 aromatic carbocycles. The molecule has 0 N–H and O–H groups in total. The molecule has 0 saturated heterocycles. The number of nitro groups is 1. The molecule has 0 unspecified atom stereocenters. The normalized spacial score (nSPS) is 11.6. The number of rotatable bonds is 16. The SMILES string of the molecule is CCCCCC/C(=C/CCCCCCCCCC=O)[N+](=O)[O-]. The molecule has 0 heterocycles. The second kappa shape index (κ2) is 16.2. The van der Waals surface area contributed by atoms with Crippen LogP contribution in [0.4, 0.5) is 0 Å². The van der Waals surface area contributed by atoms with Crippen molar-refractivity contribution in [3.05, 3.63) is 21.9 Å². The molecule has 0 bridgehead atoms. The van der Waals surface area contributed by atoms with E-state index in [1.165, 1.54) is 19.3 Å². The molecule has 22 heavy (non-hydrogen) atoms. The van der Waals surface area contributed by atoms with Crippen LogP contribution < -0.4 is 0 Å². The predicted molar refractivity (Wildman–Crippen MR) is 91.5 cm³/mol. The largest absolute Gasteiger partial charge is 0.303 e. The molecule has 128 valence electrons. The van der Waals surface area contributed by atoms with Crippen LogP contribution in [0.3, 0.4) is 0 Å². The first-order valence-electron chi connectivity index (χ1n) is 8.99. The lowest BCUT2D eigenvalue weighted by Gasteiger charge is -2.01. The summed E-state index contributed by atoms with van der Waals surface area (Å²) in [4.78, 5) is 20.9.